The lowest BCUT2D eigenvalue weighted by molar-refractivity contribution is 0.843. The number of aromatic nitrogens is 1. The Morgan fingerprint density at radius 1 is 1.44 bits per heavy atom. The summed E-state index contributed by atoms with van der Waals surface area (Å²) in [5.41, 5.74) is 1.07. The first-order valence-electron chi connectivity index (χ1n) is 5.89. The van der Waals surface area contributed by atoms with Crippen molar-refractivity contribution < 1.29 is 0 Å². The number of nitrogens with one attached hydrogen (secondary N) is 2. The molecule has 5 heteroatoms. The molecule has 100 valence electrons. The van der Waals surface area contributed by atoms with Crippen LogP contribution < -0.4 is 10.6 Å². The van der Waals surface area contributed by atoms with Gasteiger partial charge in [-0.15, -0.1) is 30.6 Å². The van der Waals surface area contributed by atoms with Crippen LogP contribution >= 0.6 is 24.0 Å². The molecule has 0 bridgehead atoms. The van der Waals surface area contributed by atoms with Crippen molar-refractivity contribution in [1.29, 1.82) is 0 Å². The van der Waals surface area contributed by atoms with Gasteiger partial charge in [-0.25, -0.2) is 0 Å². The zero-order valence-electron chi connectivity index (χ0n) is 10.7. The second kappa shape index (κ2) is 11.0. The number of rotatable bonds is 6. The van der Waals surface area contributed by atoms with Gasteiger partial charge in [-0.1, -0.05) is 12.1 Å². The van der Waals surface area contributed by atoms with Crippen molar-refractivity contribution in [3.8, 4) is 0 Å². The van der Waals surface area contributed by atoms with Gasteiger partial charge in [0.05, 0.1) is 0 Å². The first kappa shape index (κ1) is 16.9. The van der Waals surface area contributed by atoms with Gasteiger partial charge in [-0.2, -0.15) is 0 Å². The third-order valence-corrected chi connectivity index (χ3v) is 2.12. The maximum Gasteiger partial charge on any atom is 0.191 e. The summed E-state index contributed by atoms with van der Waals surface area (Å²) in [6.07, 6.45) is 4.47. The number of hydrogen-bond donors (Lipinski definition) is 2. The van der Waals surface area contributed by atoms with Gasteiger partial charge in [0.2, 0.25) is 0 Å². The van der Waals surface area contributed by atoms with Crippen molar-refractivity contribution in [3.63, 3.8) is 0 Å². The van der Waals surface area contributed by atoms with Gasteiger partial charge in [0, 0.05) is 37.9 Å². The third-order valence-electron chi connectivity index (χ3n) is 2.12. The van der Waals surface area contributed by atoms with Crippen LogP contribution in [0, 0.1) is 0 Å². The summed E-state index contributed by atoms with van der Waals surface area (Å²) in [5, 5.41) is 6.33. The lowest BCUT2D eigenvalue weighted by Crippen LogP contribution is -2.37. The molecular formula is C13H21IN4. The molecule has 0 saturated heterocycles. The first-order valence-corrected chi connectivity index (χ1v) is 5.89. The molecule has 0 fully saturated rings. The lowest BCUT2D eigenvalue weighted by Gasteiger charge is -2.09. The molecule has 1 rings (SSSR count). The van der Waals surface area contributed by atoms with Gasteiger partial charge < -0.3 is 10.6 Å². The van der Waals surface area contributed by atoms with Gasteiger partial charge in [-0.3, -0.25) is 9.98 Å². The Labute approximate surface area is 126 Å². The van der Waals surface area contributed by atoms with Gasteiger partial charge in [0.15, 0.2) is 5.96 Å². The molecule has 0 aliphatic heterocycles. The quantitative estimate of drug-likeness (QED) is 0.353. The van der Waals surface area contributed by atoms with E-state index in [1.165, 1.54) is 0 Å². The summed E-state index contributed by atoms with van der Waals surface area (Å²) >= 11 is 0. The maximum atomic E-state index is 4.45. The van der Waals surface area contributed by atoms with Crippen LogP contribution in [0.2, 0.25) is 0 Å². The molecule has 0 aromatic carbocycles. The zero-order valence-corrected chi connectivity index (χ0v) is 13.1. The van der Waals surface area contributed by atoms with E-state index in [0.717, 1.165) is 37.7 Å². The Kier molecular flexibility index (Phi) is 10.3. The van der Waals surface area contributed by atoms with Crippen LogP contribution in [-0.4, -0.2) is 30.6 Å². The highest BCUT2D eigenvalue weighted by Gasteiger charge is 1.95. The Hall–Kier alpha value is -1.11. The number of pyridine rings is 1. The van der Waals surface area contributed by atoms with Gasteiger partial charge >= 0.3 is 0 Å². The van der Waals surface area contributed by atoms with E-state index < -0.39 is 0 Å². The fraction of sp³-hybridized carbons (Fsp3) is 0.385. The van der Waals surface area contributed by atoms with E-state index in [9.17, 15) is 0 Å². The Bertz CT molecular complexity index is 351. The summed E-state index contributed by atoms with van der Waals surface area (Å²) in [7, 11) is 0. The fourth-order valence-corrected chi connectivity index (χ4v) is 1.34. The van der Waals surface area contributed by atoms with Gasteiger partial charge in [0.1, 0.15) is 0 Å². The number of guanidine groups is 1. The van der Waals surface area contributed by atoms with E-state index in [1.807, 2.05) is 31.2 Å². The summed E-state index contributed by atoms with van der Waals surface area (Å²) in [4.78, 5) is 8.71. The first-order chi connectivity index (χ1) is 8.36. The monoisotopic (exact) mass is 360 g/mol. The Morgan fingerprint density at radius 3 is 2.89 bits per heavy atom. The van der Waals surface area contributed by atoms with Crippen LogP contribution in [0.15, 0.2) is 42.0 Å². The topological polar surface area (TPSA) is 49.3 Å². The van der Waals surface area contributed by atoms with E-state index in [1.54, 1.807) is 6.20 Å². The van der Waals surface area contributed by atoms with Crippen LogP contribution in [0.25, 0.3) is 0 Å². The highest BCUT2D eigenvalue weighted by Crippen LogP contribution is 1.94. The van der Waals surface area contributed by atoms with Crippen molar-refractivity contribution in [2.24, 2.45) is 4.99 Å². The van der Waals surface area contributed by atoms with E-state index in [-0.39, 0.29) is 24.0 Å². The molecule has 0 saturated carbocycles. The van der Waals surface area contributed by atoms with E-state index in [4.69, 9.17) is 0 Å². The standard InChI is InChI=1S/C13H20N4.HI/c1-3-9-16-13(14-4-2)17-11-8-12-7-5-6-10-15-12;/h3,5-7,10H,1,4,8-9,11H2,2H3,(H2,14,16,17);1H. The molecule has 0 unspecified atom stereocenters. The van der Waals surface area contributed by atoms with Crippen molar-refractivity contribution in [3.05, 3.63) is 42.7 Å². The molecule has 0 atom stereocenters. The predicted octanol–water partition coefficient (Wildman–Crippen LogP) is 1.98. The normalized spacial score (nSPS) is 10.4. The molecule has 1 aromatic rings. The second-order valence-electron chi connectivity index (χ2n) is 3.50. The average Bonchev–Trinajstić information content (AvgIpc) is 2.37. The molecule has 18 heavy (non-hydrogen) atoms. The van der Waals surface area contributed by atoms with Crippen molar-refractivity contribution >= 4 is 29.9 Å². The van der Waals surface area contributed by atoms with Crippen molar-refractivity contribution in [2.75, 3.05) is 19.6 Å². The SMILES string of the molecule is C=CCNC(=NCCc1ccccn1)NCC.I. The lowest BCUT2D eigenvalue weighted by atomic mass is 10.3. The predicted molar refractivity (Wildman–Crippen MR) is 87.5 cm³/mol. The van der Waals surface area contributed by atoms with Crippen LogP contribution in [0.3, 0.4) is 0 Å². The van der Waals surface area contributed by atoms with E-state index in [2.05, 4.69) is 27.2 Å². The van der Waals surface area contributed by atoms with Crippen LogP contribution in [0.1, 0.15) is 12.6 Å². The molecule has 4 nitrogen and oxygen atoms in total. The summed E-state index contributed by atoms with van der Waals surface area (Å²) < 4.78 is 0. The minimum atomic E-state index is 0. The molecule has 0 amide bonds. The molecule has 2 N–H and O–H groups in total. The minimum absolute atomic E-state index is 0. The van der Waals surface area contributed by atoms with Crippen molar-refractivity contribution in [1.82, 2.24) is 15.6 Å². The number of halogens is 1. The van der Waals surface area contributed by atoms with E-state index >= 15 is 0 Å². The minimum Gasteiger partial charge on any atom is -0.357 e. The molecule has 1 aromatic heterocycles. The molecule has 0 aliphatic rings. The van der Waals surface area contributed by atoms with Gasteiger partial charge in [0.25, 0.3) is 0 Å². The van der Waals surface area contributed by atoms with E-state index in [0.29, 0.717) is 0 Å². The summed E-state index contributed by atoms with van der Waals surface area (Å²) in [6, 6.07) is 5.93. The van der Waals surface area contributed by atoms with Crippen LogP contribution in [0.4, 0.5) is 0 Å². The highest BCUT2D eigenvalue weighted by atomic mass is 127. The number of nitrogens with zero attached hydrogens (tertiary/aromatic N) is 2. The second-order valence-corrected chi connectivity index (χ2v) is 3.50. The Morgan fingerprint density at radius 2 is 2.28 bits per heavy atom. The fourth-order valence-electron chi connectivity index (χ4n) is 1.34. The summed E-state index contributed by atoms with van der Waals surface area (Å²) in [6.45, 7) is 8.01. The zero-order chi connectivity index (χ0) is 12.3. The average molecular weight is 360 g/mol. The number of hydrogen-bond acceptors (Lipinski definition) is 2. The third kappa shape index (κ3) is 7.26. The molecule has 1 heterocycles. The highest BCUT2D eigenvalue weighted by molar-refractivity contribution is 14.0. The molecular weight excluding hydrogens is 339 g/mol. The van der Waals surface area contributed by atoms with Gasteiger partial charge in [-0.05, 0) is 19.1 Å². The Balaban J connectivity index is 0.00000289. The largest absolute Gasteiger partial charge is 0.357 e. The van der Waals surface area contributed by atoms with Crippen LogP contribution in [-0.2, 0) is 6.42 Å². The summed E-state index contributed by atoms with van der Waals surface area (Å²) in [5.74, 6) is 0.823. The van der Waals surface area contributed by atoms with Crippen molar-refractivity contribution in [2.45, 2.75) is 13.3 Å². The molecule has 0 radical (unpaired) electrons. The molecule has 0 aliphatic carbocycles. The smallest absolute Gasteiger partial charge is 0.191 e. The molecule has 0 spiro atoms. The number of aliphatic imine (C=N–C) groups is 1. The van der Waals surface area contributed by atoms with Crippen LogP contribution in [0.5, 0.6) is 0 Å². The maximum absolute atomic E-state index is 4.45.